The lowest BCUT2D eigenvalue weighted by Crippen LogP contribution is -2.56. The van der Waals surface area contributed by atoms with Gasteiger partial charge in [-0.05, 0) is 25.7 Å². The fraction of sp³-hybridized carbons (Fsp3) is 0.921. The van der Waals surface area contributed by atoms with E-state index in [2.05, 4.69) is 18.8 Å². The zero-order chi connectivity index (χ0) is 33.3. The molecule has 0 saturated carbocycles. The van der Waals surface area contributed by atoms with Crippen LogP contribution in [0.15, 0.2) is 4.99 Å². The molecule has 6 N–H and O–H groups in total. The number of carbonyl (C=O) groups is 2. The van der Waals surface area contributed by atoms with Gasteiger partial charge in [0.15, 0.2) is 17.3 Å². The molecule has 45 heavy (non-hydrogen) atoms. The van der Waals surface area contributed by atoms with Gasteiger partial charge in [0.05, 0.1) is 6.61 Å². The zero-order valence-corrected chi connectivity index (χ0v) is 30.0. The average molecular weight is 637 g/mol. The number of hydrogen-bond acceptors (Lipinski definition) is 5. The maximum absolute atomic E-state index is 13.2. The van der Waals surface area contributed by atoms with Crippen LogP contribution < -0.4 is 17.2 Å². The minimum atomic E-state index is -1.62. The molecular formula is C38H76N4O3. The number of hydrogen-bond donors (Lipinski definition) is 3. The monoisotopic (exact) mass is 637 g/mol. The van der Waals surface area contributed by atoms with E-state index in [9.17, 15) is 9.59 Å². The van der Waals surface area contributed by atoms with E-state index in [-0.39, 0.29) is 18.2 Å². The zero-order valence-electron chi connectivity index (χ0n) is 30.0. The van der Waals surface area contributed by atoms with E-state index in [0.29, 0.717) is 26.0 Å². The van der Waals surface area contributed by atoms with E-state index in [1.807, 2.05) is 0 Å². The molecule has 0 aliphatic heterocycles. The molecule has 0 saturated heterocycles. The average Bonchev–Trinajstić information content (AvgIpc) is 3.02. The highest BCUT2D eigenvalue weighted by Gasteiger charge is 2.42. The largest absolute Gasteiger partial charge is 0.464 e. The predicted octanol–water partition coefficient (Wildman–Crippen LogP) is 9.81. The number of esters is 1. The van der Waals surface area contributed by atoms with E-state index in [1.165, 1.54) is 135 Å². The summed E-state index contributed by atoms with van der Waals surface area (Å²) in [7, 11) is 0. The van der Waals surface area contributed by atoms with Crippen LogP contribution in [-0.2, 0) is 14.3 Å². The third-order valence-corrected chi connectivity index (χ3v) is 9.12. The number of ketones is 1. The molecule has 0 spiro atoms. The van der Waals surface area contributed by atoms with Crippen molar-refractivity contribution < 1.29 is 14.3 Å². The molecule has 0 bridgehead atoms. The van der Waals surface area contributed by atoms with Gasteiger partial charge >= 0.3 is 5.97 Å². The molecule has 7 heteroatoms. The molecule has 0 heterocycles. The van der Waals surface area contributed by atoms with Crippen molar-refractivity contribution in [2.24, 2.45) is 22.2 Å². The van der Waals surface area contributed by atoms with Gasteiger partial charge in [0.25, 0.3) is 0 Å². The Kier molecular flexibility index (Phi) is 31.1. The Bertz CT molecular complexity index is 711. The Balaban J connectivity index is 4.14. The second-order valence-corrected chi connectivity index (χ2v) is 13.5. The molecule has 0 aromatic carbocycles. The lowest BCUT2D eigenvalue weighted by molar-refractivity contribution is -0.154. The summed E-state index contributed by atoms with van der Waals surface area (Å²) in [5, 5.41) is 0. The first kappa shape index (κ1) is 43.4. The number of nitrogens with zero attached hydrogens (tertiary/aromatic N) is 1. The number of ether oxygens (including phenoxy) is 1. The number of Topliss-reactive ketones (excluding diaryl/α,β-unsaturated/α-hetero) is 1. The van der Waals surface area contributed by atoms with Gasteiger partial charge in [-0.3, -0.25) is 9.79 Å². The Hall–Kier alpha value is -1.63. The summed E-state index contributed by atoms with van der Waals surface area (Å²) in [6.07, 6.45) is 34.9. The summed E-state index contributed by atoms with van der Waals surface area (Å²) in [5.74, 6) is -0.822. The lowest BCUT2D eigenvalue weighted by Gasteiger charge is -2.26. The summed E-state index contributed by atoms with van der Waals surface area (Å²) in [6.45, 7) is 5.17. The van der Waals surface area contributed by atoms with Gasteiger partial charge in [0, 0.05) is 13.0 Å². The van der Waals surface area contributed by atoms with E-state index in [1.54, 1.807) is 0 Å². The van der Waals surface area contributed by atoms with E-state index in [4.69, 9.17) is 21.9 Å². The lowest BCUT2D eigenvalue weighted by atomic mass is 9.86. The van der Waals surface area contributed by atoms with Crippen LogP contribution in [0.5, 0.6) is 0 Å². The molecule has 1 unspecified atom stereocenters. The van der Waals surface area contributed by atoms with Crippen LogP contribution in [-0.4, -0.2) is 36.4 Å². The van der Waals surface area contributed by atoms with Gasteiger partial charge in [0.1, 0.15) is 0 Å². The summed E-state index contributed by atoms with van der Waals surface area (Å²) < 4.78 is 5.56. The fourth-order valence-electron chi connectivity index (χ4n) is 6.04. The highest BCUT2D eigenvalue weighted by molar-refractivity contribution is 6.08. The molecule has 0 aliphatic carbocycles. The summed E-state index contributed by atoms with van der Waals surface area (Å²) in [5.41, 5.74) is 15.7. The Morgan fingerprint density at radius 1 is 0.533 bits per heavy atom. The molecule has 0 aromatic rings. The number of aliphatic imine (C=N–C) groups is 1. The molecule has 0 aromatic heterocycles. The molecule has 7 nitrogen and oxygen atoms in total. The number of unbranched alkanes of at least 4 members (excludes halogenated alkanes) is 25. The maximum atomic E-state index is 13.2. The number of rotatable bonds is 35. The van der Waals surface area contributed by atoms with Crippen molar-refractivity contribution in [3.63, 3.8) is 0 Å². The van der Waals surface area contributed by atoms with Gasteiger partial charge in [-0.15, -0.1) is 0 Å². The van der Waals surface area contributed by atoms with Gasteiger partial charge in [-0.2, -0.15) is 0 Å². The van der Waals surface area contributed by atoms with Gasteiger partial charge in [-0.25, -0.2) is 4.79 Å². The molecular weight excluding hydrogens is 560 g/mol. The highest BCUT2D eigenvalue weighted by Crippen LogP contribution is 2.20. The van der Waals surface area contributed by atoms with Crippen LogP contribution in [0.25, 0.3) is 0 Å². The molecule has 0 rings (SSSR count). The predicted molar refractivity (Wildman–Crippen MR) is 193 cm³/mol. The van der Waals surface area contributed by atoms with Crippen molar-refractivity contribution in [2.75, 3.05) is 13.2 Å². The van der Waals surface area contributed by atoms with E-state index >= 15 is 0 Å². The first-order chi connectivity index (χ1) is 21.9. The van der Waals surface area contributed by atoms with Gasteiger partial charge in [0.2, 0.25) is 0 Å². The third kappa shape index (κ3) is 27.2. The smallest absolute Gasteiger partial charge is 0.333 e. The van der Waals surface area contributed by atoms with Crippen molar-refractivity contribution in [1.82, 2.24) is 0 Å². The number of nitrogens with two attached hydrogens (primary N) is 3. The molecule has 1 atom stereocenters. The first-order valence-corrected chi connectivity index (χ1v) is 19.4. The van der Waals surface area contributed by atoms with E-state index in [0.717, 1.165) is 38.5 Å². The topological polar surface area (TPSA) is 134 Å². The molecule has 0 radical (unpaired) electrons. The Morgan fingerprint density at radius 3 is 1.27 bits per heavy atom. The van der Waals surface area contributed by atoms with Gasteiger partial charge < -0.3 is 21.9 Å². The number of carbonyl (C=O) groups excluding carboxylic acids is 2. The summed E-state index contributed by atoms with van der Waals surface area (Å²) in [4.78, 5) is 30.2. The normalized spacial score (nSPS) is 12.6. The molecule has 0 aliphatic rings. The maximum Gasteiger partial charge on any atom is 0.333 e. The van der Waals surface area contributed by atoms with Crippen molar-refractivity contribution in [2.45, 2.75) is 212 Å². The molecule has 0 amide bonds. The minimum absolute atomic E-state index is 0.00372. The SMILES string of the molecule is CCCCCCCCCCCCCCCCCCOC(=O)C(N)(CCCN=C(N)N)C(=O)CCCCCCCCCCCCC. The van der Waals surface area contributed by atoms with Crippen LogP contribution in [0.4, 0.5) is 0 Å². The van der Waals surface area contributed by atoms with Crippen LogP contribution in [0.3, 0.4) is 0 Å². The van der Waals surface area contributed by atoms with Crippen molar-refractivity contribution >= 4 is 17.7 Å². The summed E-state index contributed by atoms with van der Waals surface area (Å²) in [6, 6.07) is 0. The number of guanidine groups is 1. The van der Waals surface area contributed by atoms with Crippen molar-refractivity contribution in [3.8, 4) is 0 Å². The van der Waals surface area contributed by atoms with Gasteiger partial charge in [-0.1, -0.05) is 174 Å². The second-order valence-electron chi connectivity index (χ2n) is 13.5. The second kappa shape index (κ2) is 32.3. The fourth-order valence-corrected chi connectivity index (χ4v) is 6.04. The minimum Gasteiger partial charge on any atom is -0.464 e. The van der Waals surface area contributed by atoms with Crippen LogP contribution in [0.2, 0.25) is 0 Å². The molecule has 0 fully saturated rings. The van der Waals surface area contributed by atoms with Crippen LogP contribution >= 0.6 is 0 Å². The van der Waals surface area contributed by atoms with E-state index < -0.39 is 11.5 Å². The molecule has 266 valence electrons. The van der Waals surface area contributed by atoms with Crippen molar-refractivity contribution in [3.05, 3.63) is 0 Å². The van der Waals surface area contributed by atoms with Crippen LogP contribution in [0.1, 0.15) is 206 Å². The van der Waals surface area contributed by atoms with Crippen LogP contribution in [0, 0.1) is 0 Å². The Morgan fingerprint density at radius 2 is 0.889 bits per heavy atom. The van der Waals surface area contributed by atoms with Crippen molar-refractivity contribution in [1.29, 1.82) is 0 Å². The quantitative estimate of drug-likeness (QED) is 0.0208. The Labute approximate surface area is 279 Å². The third-order valence-electron chi connectivity index (χ3n) is 9.12. The first-order valence-electron chi connectivity index (χ1n) is 19.4. The highest BCUT2D eigenvalue weighted by atomic mass is 16.5. The standard InChI is InChI=1S/C38H76N4O3/c1-3-5-7-9-11-13-15-16-17-18-19-21-23-25-27-29-34-45-36(44)38(41,32-30-33-42-37(39)40)35(43)31-28-26-24-22-20-14-12-10-8-6-4-2/h3-34,41H2,1-2H3,(H4,39,40,42). The summed E-state index contributed by atoms with van der Waals surface area (Å²) >= 11 is 0.